The lowest BCUT2D eigenvalue weighted by Gasteiger charge is -2.22. The number of nitrogens with zero attached hydrogens (tertiary/aromatic N) is 6. The Kier molecular flexibility index (Phi) is 22.3. The minimum atomic E-state index is -3.15. The highest BCUT2D eigenvalue weighted by Crippen LogP contribution is 2.50. The number of para-hydroxylation sites is 7. The summed E-state index contributed by atoms with van der Waals surface area (Å²) in [5.41, 5.74) is 26.3. The number of hydrogen-bond donors (Lipinski definition) is 0. The molecule has 29 rings (SSSR count). The van der Waals surface area contributed by atoms with Crippen LogP contribution in [0.1, 0.15) is 0 Å². The van der Waals surface area contributed by atoms with Gasteiger partial charge in [-0.2, -0.15) is 0 Å². The van der Waals surface area contributed by atoms with Crippen molar-refractivity contribution in [2.45, 2.75) is 0 Å². The predicted octanol–water partition coefficient (Wildman–Crippen LogP) is 31.6. The summed E-state index contributed by atoms with van der Waals surface area (Å²) in [4.78, 5) is 15.2. The first-order chi connectivity index (χ1) is 73.5. The molecule has 0 aliphatic heterocycles. The Bertz CT molecular complexity index is 10400. The van der Waals surface area contributed by atoms with E-state index in [-0.39, 0.29) is 0 Å². The van der Waals surface area contributed by atoms with Gasteiger partial charge in [-0.3, -0.25) is 13.2 Å². The monoisotopic (exact) mass is 1960 g/mol. The first-order valence-electron chi connectivity index (χ1n) is 50.3. The number of aromatic nitrogens is 6. The Balaban J connectivity index is 0.000000110. The van der Waals surface area contributed by atoms with Crippen molar-refractivity contribution in [3.63, 3.8) is 0 Å². The quantitative estimate of drug-likeness (QED) is 0.0748. The molecule has 23 aromatic carbocycles. The molecule has 0 amide bonds. The summed E-state index contributed by atoms with van der Waals surface area (Å²) in [6.45, 7) is 0. The highest BCUT2D eigenvalue weighted by molar-refractivity contribution is 7.86. The molecule has 149 heavy (non-hydrogen) atoms. The summed E-state index contributed by atoms with van der Waals surface area (Å²) < 4.78 is 52.1. The van der Waals surface area contributed by atoms with Crippen LogP contribution in [0.4, 0.5) is 0 Å². The van der Waals surface area contributed by atoms with Gasteiger partial charge in [0.1, 0.15) is 16.9 Å². The van der Waals surface area contributed by atoms with Gasteiger partial charge in [0.25, 0.3) is 0 Å². The summed E-state index contributed by atoms with van der Waals surface area (Å²) in [7, 11) is -9.23. The first kappa shape index (κ1) is 89.5. The topological polar surface area (TPSA) is 103 Å². The van der Waals surface area contributed by atoms with Crippen molar-refractivity contribution in [1.29, 1.82) is 0 Å². The second kappa shape index (κ2) is 37.1. The maximum absolute atomic E-state index is 15.4. The number of hydrogen-bond acceptors (Lipinski definition) is 6. The van der Waals surface area contributed by atoms with Crippen molar-refractivity contribution in [2.75, 3.05) is 0 Å². The maximum atomic E-state index is 15.4. The van der Waals surface area contributed by atoms with Gasteiger partial charge in [-0.05, 0) is 189 Å². The molecule has 702 valence electrons. The molecule has 0 N–H and O–H groups in total. The van der Waals surface area contributed by atoms with Gasteiger partial charge >= 0.3 is 0 Å². The fourth-order valence-electron chi connectivity index (χ4n) is 22.5. The van der Waals surface area contributed by atoms with E-state index >= 15 is 4.57 Å². The third-order valence-corrected chi connectivity index (χ3v) is 39.0. The van der Waals surface area contributed by atoms with Gasteiger partial charge in [-0.1, -0.05) is 467 Å². The summed E-state index contributed by atoms with van der Waals surface area (Å²) in [6.07, 6.45) is 0. The molecule has 0 spiro atoms. The third kappa shape index (κ3) is 15.4. The molecule has 0 radical (unpaired) electrons. The van der Waals surface area contributed by atoms with E-state index in [0.29, 0.717) is 0 Å². The van der Waals surface area contributed by atoms with Gasteiger partial charge in [0, 0.05) is 80.1 Å². The molecule has 0 aliphatic carbocycles. The van der Waals surface area contributed by atoms with Crippen molar-refractivity contribution >= 4 is 206 Å². The fraction of sp³-hybridized carbons (Fsp3) is 0. The average molecular weight is 1960 g/mol. The lowest BCUT2D eigenvalue weighted by molar-refractivity contribution is 0.591. The molecule has 29 aromatic rings. The fourth-order valence-corrected chi connectivity index (χ4v) is 30.7. The molecule has 0 saturated carbocycles. The van der Waals surface area contributed by atoms with E-state index < -0.39 is 21.4 Å². The summed E-state index contributed by atoms with van der Waals surface area (Å²) in [6, 6.07) is 190. The van der Waals surface area contributed by atoms with Gasteiger partial charge in [0.05, 0.1) is 49.7 Å². The Labute approximate surface area is 860 Å². The molecule has 6 aromatic heterocycles. The van der Waals surface area contributed by atoms with E-state index in [4.69, 9.17) is 15.0 Å². The summed E-state index contributed by atoms with van der Waals surface area (Å²) >= 11 is 0. The molecular formula is C137H91N6O3P3. The number of benzene rings is 23. The summed E-state index contributed by atoms with van der Waals surface area (Å²) in [5.74, 6) is 0. The highest BCUT2D eigenvalue weighted by atomic mass is 31.2. The van der Waals surface area contributed by atoms with E-state index in [9.17, 15) is 9.13 Å². The second-order valence-electron chi connectivity index (χ2n) is 38.2. The zero-order valence-corrected chi connectivity index (χ0v) is 83.5. The largest absolute Gasteiger partial charge is 0.309 e. The van der Waals surface area contributed by atoms with Gasteiger partial charge in [0.2, 0.25) is 0 Å². The van der Waals surface area contributed by atoms with E-state index in [1.807, 2.05) is 224 Å². The lowest BCUT2D eigenvalue weighted by atomic mass is 9.95. The van der Waals surface area contributed by atoms with E-state index in [1.165, 1.54) is 32.3 Å². The minimum Gasteiger partial charge on any atom is -0.309 e. The van der Waals surface area contributed by atoms with Crippen LogP contribution < -0.4 is 47.7 Å². The van der Waals surface area contributed by atoms with Crippen LogP contribution >= 0.6 is 21.4 Å². The molecule has 9 nitrogen and oxygen atoms in total. The van der Waals surface area contributed by atoms with Crippen LogP contribution in [-0.4, -0.2) is 28.2 Å². The van der Waals surface area contributed by atoms with Gasteiger partial charge < -0.3 is 13.7 Å². The predicted molar refractivity (Wildman–Crippen MR) is 629 cm³/mol. The molecule has 0 bridgehead atoms. The Hall–Kier alpha value is -18.3. The van der Waals surface area contributed by atoms with Crippen LogP contribution in [0.2, 0.25) is 0 Å². The van der Waals surface area contributed by atoms with Crippen LogP contribution in [0.5, 0.6) is 0 Å². The highest BCUT2D eigenvalue weighted by Gasteiger charge is 2.35. The zero-order valence-electron chi connectivity index (χ0n) is 80.8. The average Bonchev–Trinajstić information content (AvgIpc) is 1.57. The molecule has 6 heterocycles. The van der Waals surface area contributed by atoms with E-state index in [2.05, 4.69) is 341 Å². The van der Waals surface area contributed by atoms with Crippen molar-refractivity contribution in [1.82, 2.24) is 28.2 Å². The van der Waals surface area contributed by atoms with Crippen LogP contribution in [0.25, 0.3) is 203 Å². The Morgan fingerprint density at radius 3 is 0.906 bits per heavy atom. The van der Waals surface area contributed by atoms with E-state index in [0.717, 1.165) is 219 Å². The molecule has 0 fully saturated rings. The molecule has 0 aliphatic rings. The molecule has 0 atom stereocenters. The number of pyridine rings is 3. The smallest absolute Gasteiger partial charge is 0.171 e. The second-order valence-corrected chi connectivity index (χ2v) is 46.4. The third-order valence-electron chi connectivity index (χ3n) is 29.7. The first-order valence-corrected chi connectivity index (χ1v) is 55.4. The van der Waals surface area contributed by atoms with Crippen molar-refractivity contribution in [2.24, 2.45) is 0 Å². The molecule has 0 unspecified atom stereocenters. The Morgan fingerprint density at radius 2 is 0.430 bits per heavy atom. The number of fused-ring (bicyclic) bond motifs is 26. The van der Waals surface area contributed by atoms with Gasteiger partial charge in [-0.25, -0.2) is 15.0 Å². The molecule has 0 saturated heterocycles. The normalized spacial score (nSPS) is 12.0. The van der Waals surface area contributed by atoms with Crippen molar-refractivity contribution in [3.8, 4) is 66.8 Å². The number of rotatable bonds is 15. The standard InChI is InChI=1S/2C47H31N2OP.C43H29N2OP/c50-51(35-13-3-1-4-14-35,36-15-5-2-6-16-36)46-24-12-19-38-37(18-11-20-41(38)46)33-27-25-32(26-28-33)34-29-30-39-40-17-7-9-22-44(40)49-45-23-10-8-21-43(45)48-47(49)42(39)31-34;50-51(38-14-3-1-4-15-38,39-16-5-2-6-17-39)40-26-24-35-29-34(22-23-36(35)30-40)32-12-11-13-33(28-32)37-25-27-42-41-18-7-8-19-43(41)47-48-44-20-9-10-21-45(44)49(47)46(42)31-37;46-47(34-14-3-1-4-15-34,35-16-5-2-6-17-35)36-25-22-30(23-26-36)31-12-11-13-32(28-31)33-24-27-38-37-18-7-8-19-39(37)43-44-40-20-9-10-21-41(40)45(43)42(38)29-33/h2*1-31H;1-29H. The van der Waals surface area contributed by atoms with Crippen LogP contribution in [-0.2, 0) is 13.7 Å². The van der Waals surface area contributed by atoms with Crippen LogP contribution in [0.3, 0.4) is 0 Å². The van der Waals surface area contributed by atoms with Crippen molar-refractivity contribution < 1.29 is 13.7 Å². The number of imidazole rings is 3. The maximum Gasteiger partial charge on any atom is 0.171 e. The Morgan fingerprint density at radius 1 is 0.148 bits per heavy atom. The molecular weight excluding hydrogens is 1870 g/mol. The van der Waals surface area contributed by atoms with Gasteiger partial charge in [0.15, 0.2) is 21.4 Å². The minimum absolute atomic E-state index is 0.827. The summed E-state index contributed by atoms with van der Waals surface area (Å²) in [5, 5.41) is 22.5. The van der Waals surface area contributed by atoms with E-state index in [1.54, 1.807) is 0 Å². The molecule has 12 heteroatoms. The SMILES string of the molecule is O=P(c1ccccc1)(c1ccccc1)c1ccc(-c2cccc(-c3ccc4c5ccccc5c5nc6ccccc6n5c4c3)c2)cc1.O=P(c1ccccc1)(c1ccccc1)c1ccc2cc(-c3cccc(-c4ccc5c6ccccc6c6nc7ccccc7n6c5c4)c3)ccc2c1.O=P(c1ccccc1)(c1ccccc1)c1cccc2c(-c3ccc(-c4ccc5c6ccccc6n6c7ccccc7nc6c5c4)cc3)cccc12. The lowest BCUT2D eigenvalue weighted by Crippen LogP contribution is -2.25. The van der Waals surface area contributed by atoms with Gasteiger partial charge in [-0.15, -0.1) is 0 Å². The van der Waals surface area contributed by atoms with Crippen LogP contribution in [0, 0.1) is 0 Å². The van der Waals surface area contributed by atoms with Crippen molar-refractivity contribution in [3.05, 3.63) is 552 Å². The van der Waals surface area contributed by atoms with Crippen LogP contribution in [0.15, 0.2) is 552 Å². The zero-order chi connectivity index (χ0) is 99.3.